The number of phosphoric acid groups is 1. The van der Waals surface area contributed by atoms with E-state index in [9.17, 15) is 19.0 Å². The average Bonchev–Trinajstić information content (AvgIpc) is 3.34. The topological polar surface area (TPSA) is 134 Å². The summed E-state index contributed by atoms with van der Waals surface area (Å²) in [6.07, 6.45) is 63.2. The van der Waals surface area contributed by atoms with E-state index in [0.717, 1.165) is 32.1 Å². The van der Waals surface area contributed by atoms with Crippen LogP contribution in [-0.2, 0) is 32.7 Å². The van der Waals surface area contributed by atoms with Crippen molar-refractivity contribution in [3.8, 4) is 0 Å². The van der Waals surface area contributed by atoms with Crippen molar-refractivity contribution in [3.05, 3.63) is 0 Å². The van der Waals surface area contributed by atoms with Crippen LogP contribution in [0.5, 0.6) is 0 Å². The minimum absolute atomic E-state index is 0.0586. The minimum Gasteiger partial charge on any atom is -0.462 e. The number of hydrogen-bond acceptors (Lipinski definition) is 8. The lowest BCUT2D eigenvalue weighted by molar-refractivity contribution is -0.161. The summed E-state index contributed by atoms with van der Waals surface area (Å²) in [5.74, 6) is -0.802. The van der Waals surface area contributed by atoms with Crippen molar-refractivity contribution in [1.29, 1.82) is 0 Å². The zero-order chi connectivity index (χ0) is 50.2. The van der Waals surface area contributed by atoms with Crippen LogP contribution in [0.3, 0.4) is 0 Å². The predicted octanol–water partition coefficient (Wildman–Crippen LogP) is 19.1. The largest absolute Gasteiger partial charge is 0.472 e. The second kappa shape index (κ2) is 56.3. The summed E-state index contributed by atoms with van der Waals surface area (Å²) in [7, 11) is -4.38. The highest BCUT2D eigenvalue weighted by atomic mass is 31.2. The van der Waals surface area contributed by atoms with E-state index >= 15 is 0 Å². The number of carbonyl (C=O) groups is 2. The van der Waals surface area contributed by atoms with Gasteiger partial charge in [0, 0.05) is 19.4 Å². The van der Waals surface area contributed by atoms with Gasteiger partial charge in [0.05, 0.1) is 13.2 Å². The monoisotopic (exact) mass is 1000 g/mol. The van der Waals surface area contributed by atoms with Crippen LogP contribution < -0.4 is 5.73 Å². The molecule has 0 heterocycles. The van der Waals surface area contributed by atoms with Crippen LogP contribution in [0.1, 0.15) is 335 Å². The summed E-state index contributed by atoms with van der Waals surface area (Å²) in [6, 6.07) is 0. The van der Waals surface area contributed by atoms with Gasteiger partial charge in [-0.3, -0.25) is 18.6 Å². The summed E-state index contributed by atoms with van der Waals surface area (Å²) >= 11 is 0. The highest BCUT2D eigenvalue weighted by Gasteiger charge is 2.26. The van der Waals surface area contributed by atoms with Gasteiger partial charge in [-0.15, -0.1) is 0 Å². The van der Waals surface area contributed by atoms with Crippen molar-refractivity contribution >= 4 is 19.8 Å². The number of esters is 2. The van der Waals surface area contributed by atoms with Gasteiger partial charge < -0.3 is 20.1 Å². The van der Waals surface area contributed by atoms with Crippen LogP contribution in [0.2, 0.25) is 0 Å². The van der Waals surface area contributed by atoms with Crippen LogP contribution in [0.25, 0.3) is 0 Å². The van der Waals surface area contributed by atoms with Crippen LogP contribution in [-0.4, -0.2) is 49.3 Å². The number of unbranched alkanes of at least 4 members (excludes halogenated alkanes) is 46. The van der Waals surface area contributed by atoms with E-state index in [1.165, 1.54) is 270 Å². The van der Waals surface area contributed by atoms with Crippen molar-refractivity contribution in [2.75, 3.05) is 26.4 Å². The molecule has 0 aliphatic heterocycles. The zero-order valence-corrected chi connectivity index (χ0v) is 47.0. The van der Waals surface area contributed by atoms with Gasteiger partial charge in [-0.1, -0.05) is 309 Å². The lowest BCUT2D eigenvalue weighted by Gasteiger charge is -2.19. The molecule has 2 unspecified atom stereocenters. The van der Waals surface area contributed by atoms with Gasteiger partial charge >= 0.3 is 19.8 Å². The fourth-order valence-corrected chi connectivity index (χ4v) is 10.2. The highest BCUT2D eigenvalue weighted by Crippen LogP contribution is 2.43. The molecule has 0 aromatic heterocycles. The minimum atomic E-state index is -4.38. The molecule has 0 saturated heterocycles. The Hall–Kier alpha value is -0.990. The van der Waals surface area contributed by atoms with E-state index in [0.29, 0.717) is 6.42 Å². The lowest BCUT2D eigenvalue weighted by Crippen LogP contribution is -2.29. The fourth-order valence-electron chi connectivity index (χ4n) is 9.46. The molecule has 412 valence electrons. The van der Waals surface area contributed by atoms with Gasteiger partial charge in [-0.25, -0.2) is 4.57 Å². The molecule has 0 saturated carbocycles. The molecule has 0 fully saturated rings. The van der Waals surface area contributed by atoms with E-state index in [-0.39, 0.29) is 38.6 Å². The number of hydrogen-bond donors (Lipinski definition) is 2. The summed E-state index contributed by atoms with van der Waals surface area (Å²) in [5.41, 5.74) is 5.38. The zero-order valence-electron chi connectivity index (χ0n) is 46.1. The first-order chi connectivity index (χ1) is 33.8. The lowest BCUT2D eigenvalue weighted by atomic mass is 10.0. The number of ether oxygens (including phenoxy) is 2. The van der Waals surface area contributed by atoms with E-state index < -0.39 is 26.5 Å². The Labute approximate surface area is 428 Å². The predicted molar refractivity (Wildman–Crippen MR) is 294 cm³/mol. The molecular weight excluding hydrogens is 882 g/mol. The van der Waals surface area contributed by atoms with Gasteiger partial charge in [-0.05, 0) is 12.8 Å². The number of phosphoric ester groups is 1. The summed E-state index contributed by atoms with van der Waals surface area (Å²) in [5, 5.41) is 0. The van der Waals surface area contributed by atoms with E-state index in [2.05, 4.69) is 13.8 Å². The molecule has 0 radical (unpaired) electrons. The average molecular weight is 1000 g/mol. The van der Waals surface area contributed by atoms with E-state index in [4.69, 9.17) is 24.3 Å². The Morgan fingerprint density at radius 1 is 0.377 bits per heavy atom. The quantitative estimate of drug-likeness (QED) is 0.0347. The molecule has 0 aromatic rings. The third kappa shape index (κ3) is 56.2. The SMILES string of the molecule is CCCCCCCCCCCCCCCCCCCCCCCCCCCCCCCCCC(=O)OC(COC(=O)CCCCCCCCCCCCCCCCCCC)COP(=O)(O)OCCN. The van der Waals surface area contributed by atoms with Gasteiger partial charge in [0.15, 0.2) is 6.10 Å². The van der Waals surface area contributed by atoms with Crippen LogP contribution in [0.4, 0.5) is 0 Å². The summed E-state index contributed by atoms with van der Waals surface area (Å²) in [4.78, 5) is 35.2. The molecule has 0 rings (SSSR count). The fraction of sp³-hybridized carbons (Fsp3) is 0.966. The molecule has 0 spiro atoms. The molecule has 2 atom stereocenters. The Bertz CT molecular complexity index is 1090. The maximum Gasteiger partial charge on any atom is 0.472 e. The van der Waals surface area contributed by atoms with Crippen molar-refractivity contribution in [3.63, 3.8) is 0 Å². The first kappa shape index (κ1) is 68.0. The normalized spacial score (nSPS) is 12.9. The van der Waals surface area contributed by atoms with Gasteiger partial charge in [-0.2, -0.15) is 0 Å². The standard InChI is InChI=1S/C59H118NO8P/c1-3-5-7-9-11-13-15-17-19-21-22-23-24-25-26-27-28-29-30-31-32-33-34-36-38-40-42-44-46-48-50-52-59(62)68-57(56-67-69(63,64)66-54-53-60)55-65-58(61)51-49-47-45-43-41-39-37-35-20-18-16-14-12-10-8-6-4-2/h57H,3-56,60H2,1-2H3,(H,63,64). The molecule has 0 aliphatic rings. The summed E-state index contributed by atoms with van der Waals surface area (Å²) in [6.45, 7) is 3.82. The second-order valence-electron chi connectivity index (χ2n) is 20.9. The van der Waals surface area contributed by atoms with Crippen molar-refractivity contribution in [2.45, 2.75) is 341 Å². The Balaban J connectivity index is 3.82. The Kier molecular flexibility index (Phi) is 55.5. The maximum absolute atomic E-state index is 12.7. The molecule has 69 heavy (non-hydrogen) atoms. The number of carbonyl (C=O) groups excluding carboxylic acids is 2. The third-order valence-corrected chi connectivity index (χ3v) is 15.0. The van der Waals surface area contributed by atoms with E-state index in [1.807, 2.05) is 0 Å². The number of nitrogens with two attached hydrogens (primary N) is 1. The first-order valence-electron chi connectivity index (χ1n) is 30.5. The van der Waals surface area contributed by atoms with Crippen LogP contribution >= 0.6 is 7.82 Å². The van der Waals surface area contributed by atoms with Crippen molar-refractivity contribution < 1.29 is 37.6 Å². The molecule has 9 nitrogen and oxygen atoms in total. The van der Waals surface area contributed by atoms with E-state index in [1.54, 1.807) is 0 Å². The smallest absolute Gasteiger partial charge is 0.462 e. The third-order valence-electron chi connectivity index (χ3n) is 14.0. The van der Waals surface area contributed by atoms with Crippen LogP contribution in [0, 0.1) is 0 Å². The molecular formula is C59H118NO8P. The molecule has 10 heteroatoms. The highest BCUT2D eigenvalue weighted by molar-refractivity contribution is 7.47. The number of rotatable bonds is 59. The molecule has 0 amide bonds. The molecule has 3 N–H and O–H groups in total. The van der Waals surface area contributed by atoms with Gasteiger partial charge in [0.2, 0.25) is 0 Å². The molecule has 0 bridgehead atoms. The molecule has 0 aliphatic carbocycles. The Morgan fingerprint density at radius 2 is 0.623 bits per heavy atom. The van der Waals surface area contributed by atoms with Gasteiger partial charge in [0.25, 0.3) is 0 Å². The maximum atomic E-state index is 12.7. The summed E-state index contributed by atoms with van der Waals surface area (Å²) < 4.78 is 33.1. The van der Waals surface area contributed by atoms with Crippen molar-refractivity contribution in [1.82, 2.24) is 0 Å². The Morgan fingerprint density at radius 3 is 0.884 bits per heavy atom. The molecule has 0 aromatic carbocycles. The van der Waals surface area contributed by atoms with Crippen LogP contribution in [0.15, 0.2) is 0 Å². The first-order valence-corrected chi connectivity index (χ1v) is 32.0. The van der Waals surface area contributed by atoms with Gasteiger partial charge in [0.1, 0.15) is 6.61 Å². The second-order valence-corrected chi connectivity index (χ2v) is 22.4. The van der Waals surface area contributed by atoms with Crippen molar-refractivity contribution in [2.24, 2.45) is 5.73 Å².